The minimum Gasteiger partial charge on any atom is -0.685 e. The molecule has 0 saturated heterocycles. The molecule has 0 aliphatic heterocycles. The summed E-state index contributed by atoms with van der Waals surface area (Å²) in [6.07, 6.45) is 12.2. The molecule has 2 heteroatoms. The van der Waals surface area contributed by atoms with Gasteiger partial charge in [-0.25, -0.2) is 0 Å². The first-order valence-electron chi connectivity index (χ1n) is 6.26. The molecule has 2 rings (SSSR count). The summed E-state index contributed by atoms with van der Waals surface area (Å²) in [7, 11) is 0. The molecule has 1 nitrogen and oxygen atoms in total. The number of hydrogen-bond donors (Lipinski definition) is 0. The molecule has 0 aromatic heterocycles. The molecule has 0 amide bonds. The zero-order valence-electron chi connectivity index (χ0n) is 10.4. The molecular formula is C13H22LiN. The molecule has 0 aromatic carbocycles. The fourth-order valence-electron chi connectivity index (χ4n) is 2.65. The van der Waals surface area contributed by atoms with Crippen molar-refractivity contribution in [1.82, 2.24) is 0 Å². The van der Waals surface area contributed by atoms with E-state index in [0.29, 0.717) is 6.04 Å². The molecule has 0 unspecified atom stereocenters. The van der Waals surface area contributed by atoms with Crippen LogP contribution in [0.5, 0.6) is 0 Å². The second-order valence-corrected chi connectivity index (χ2v) is 4.86. The SMILES string of the molecule is CC1=C([N-]C2CCCCC2)CCCC1.[Li+]. The average molecular weight is 199 g/mol. The zero-order valence-corrected chi connectivity index (χ0v) is 10.4. The van der Waals surface area contributed by atoms with E-state index in [1.807, 2.05) is 0 Å². The summed E-state index contributed by atoms with van der Waals surface area (Å²) in [5.41, 5.74) is 3.03. The Morgan fingerprint density at radius 3 is 2.27 bits per heavy atom. The van der Waals surface area contributed by atoms with Gasteiger partial charge in [0.1, 0.15) is 0 Å². The van der Waals surface area contributed by atoms with Crippen LogP contribution in [0.1, 0.15) is 64.7 Å². The van der Waals surface area contributed by atoms with E-state index in [0.717, 1.165) is 0 Å². The van der Waals surface area contributed by atoms with E-state index in [2.05, 4.69) is 6.92 Å². The van der Waals surface area contributed by atoms with E-state index < -0.39 is 0 Å². The van der Waals surface area contributed by atoms with Crippen molar-refractivity contribution >= 4 is 0 Å². The van der Waals surface area contributed by atoms with Crippen LogP contribution in [0, 0.1) is 0 Å². The van der Waals surface area contributed by atoms with E-state index in [9.17, 15) is 0 Å². The van der Waals surface area contributed by atoms with Gasteiger partial charge in [-0.05, 0) is 26.2 Å². The Bertz CT molecular complexity index is 217. The van der Waals surface area contributed by atoms with Gasteiger partial charge >= 0.3 is 18.9 Å². The second kappa shape index (κ2) is 6.66. The molecule has 1 saturated carbocycles. The zero-order chi connectivity index (χ0) is 9.80. The molecule has 0 aromatic rings. The topological polar surface area (TPSA) is 14.1 Å². The first kappa shape index (κ1) is 13.2. The van der Waals surface area contributed by atoms with Gasteiger partial charge in [0.05, 0.1) is 0 Å². The first-order chi connectivity index (χ1) is 6.86. The van der Waals surface area contributed by atoms with Crippen molar-refractivity contribution in [2.24, 2.45) is 0 Å². The van der Waals surface area contributed by atoms with Crippen LogP contribution in [0.25, 0.3) is 5.32 Å². The smallest absolute Gasteiger partial charge is 0.685 e. The molecule has 2 aliphatic rings. The maximum atomic E-state index is 4.96. The molecule has 0 atom stereocenters. The van der Waals surface area contributed by atoms with Crippen LogP contribution >= 0.6 is 0 Å². The van der Waals surface area contributed by atoms with Crippen molar-refractivity contribution in [3.8, 4) is 0 Å². The van der Waals surface area contributed by atoms with Gasteiger partial charge in [-0.3, -0.25) is 0 Å². The third kappa shape index (κ3) is 3.89. The molecule has 0 spiro atoms. The summed E-state index contributed by atoms with van der Waals surface area (Å²) in [5.74, 6) is 0. The third-order valence-corrected chi connectivity index (χ3v) is 3.62. The molecule has 1 fully saturated rings. The summed E-state index contributed by atoms with van der Waals surface area (Å²) < 4.78 is 0. The van der Waals surface area contributed by atoms with Gasteiger partial charge in [0.2, 0.25) is 0 Å². The van der Waals surface area contributed by atoms with Gasteiger partial charge in [-0.15, -0.1) is 6.04 Å². The predicted octanol–water partition coefficient (Wildman–Crippen LogP) is 1.54. The van der Waals surface area contributed by atoms with Gasteiger partial charge in [0.15, 0.2) is 0 Å². The van der Waals surface area contributed by atoms with E-state index in [1.165, 1.54) is 63.5 Å². The fourth-order valence-corrected chi connectivity index (χ4v) is 2.65. The second-order valence-electron chi connectivity index (χ2n) is 4.86. The Morgan fingerprint density at radius 2 is 1.60 bits per heavy atom. The van der Waals surface area contributed by atoms with Crippen LogP contribution in [0.4, 0.5) is 0 Å². The maximum Gasteiger partial charge on any atom is 1.00 e. The van der Waals surface area contributed by atoms with Crippen molar-refractivity contribution in [1.29, 1.82) is 0 Å². The van der Waals surface area contributed by atoms with Gasteiger partial charge in [-0.2, -0.15) is 5.70 Å². The van der Waals surface area contributed by atoms with Crippen molar-refractivity contribution in [3.05, 3.63) is 16.6 Å². The molecule has 0 N–H and O–H groups in total. The Morgan fingerprint density at radius 1 is 0.933 bits per heavy atom. The third-order valence-electron chi connectivity index (χ3n) is 3.62. The summed E-state index contributed by atoms with van der Waals surface area (Å²) in [6.45, 7) is 2.28. The average Bonchev–Trinajstić information content (AvgIpc) is 2.23. The Balaban J connectivity index is 0.00000112. The van der Waals surface area contributed by atoms with Crippen LogP contribution in [-0.2, 0) is 0 Å². The van der Waals surface area contributed by atoms with Crippen molar-refractivity contribution in [3.63, 3.8) is 0 Å². The van der Waals surface area contributed by atoms with E-state index in [-0.39, 0.29) is 18.9 Å². The molecular weight excluding hydrogens is 177 g/mol. The number of nitrogens with zero attached hydrogens (tertiary/aromatic N) is 1. The summed E-state index contributed by atoms with van der Waals surface area (Å²) in [4.78, 5) is 0. The molecule has 0 bridgehead atoms. The Labute approximate surface area is 106 Å². The van der Waals surface area contributed by atoms with E-state index in [1.54, 1.807) is 5.57 Å². The van der Waals surface area contributed by atoms with Crippen molar-refractivity contribution < 1.29 is 18.9 Å². The molecule has 2 aliphatic carbocycles. The molecule has 15 heavy (non-hydrogen) atoms. The molecule has 0 heterocycles. The first-order valence-corrected chi connectivity index (χ1v) is 6.26. The maximum absolute atomic E-state index is 4.96. The number of hydrogen-bond acceptors (Lipinski definition) is 0. The van der Waals surface area contributed by atoms with Gasteiger partial charge in [0.25, 0.3) is 0 Å². The van der Waals surface area contributed by atoms with Crippen LogP contribution in [0.3, 0.4) is 0 Å². The summed E-state index contributed by atoms with van der Waals surface area (Å²) >= 11 is 0. The van der Waals surface area contributed by atoms with E-state index in [4.69, 9.17) is 5.32 Å². The Kier molecular flexibility index (Phi) is 5.86. The fraction of sp³-hybridized carbons (Fsp3) is 0.846. The standard InChI is InChI=1S/C13H22N.Li/c1-11-7-5-6-10-13(11)14-12-8-3-2-4-9-12;/h12H,2-10H2,1H3;/q-1;+1. The normalized spacial score (nSPS) is 23.5. The van der Waals surface area contributed by atoms with E-state index >= 15 is 0 Å². The number of allylic oxidation sites excluding steroid dienone is 2. The van der Waals surface area contributed by atoms with Gasteiger partial charge in [-0.1, -0.05) is 44.1 Å². The molecule has 80 valence electrons. The van der Waals surface area contributed by atoms with Crippen molar-refractivity contribution in [2.45, 2.75) is 70.8 Å². The van der Waals surface area contributed by atoms with Crippen molar-refractivity contribution in [2.75, 3.05) is 0 Å². The monoisotopic (exact) mass is 199 g/mol. The minimum atomic E-state index is 0. The Hall–Kier alpha value is 0.137. The van der Waals surface area contributed by atoms with Gasteiger partial charge in [0, 0.05) is 0 Å². The minimum absolute atomic E-state index is 0. The van der Waals surface area contributed by atoms with Crippen LogP contribution in [0.15, 0.2) is 11.3 Å². The molecule has 0 radical (unpaired) electrons. The van der Waals surface area contributed by atoms with Gasteiger partial charge < -0.3 is 5.32 Å². The quantitative estimate of drug-likeness (QED) is 0.599. The van der Waals surface area contributed by atoms with Crippen LogP contribution < -0.4 is 18.9 Å². The van der Waals surface area contributed by atoms with Crippen LogP contribution in [0.2, 0.25) is 0 Å². The summed E-state index contributed by atoms with van der Waals surface area (Å²) in [6, 6.07) is 0.673. The number of rotatable bonds is 2. The largest absolute Gasteiger partial charge is 1.00 e. The predicted molar refractivity (Wildman–Crippen MR) is 61.4 cm³/mol. The van der Waals surface area contributed by atoms with Crippen LogP contribution in [-0.4, -0.2) is 6.04 Å². The summed E-state index contributed by atoms with van der Waals surface area (Å²) in [5, 5.41) is 4.96.